The van der Waals surface area contributed by atoms with Gasteiger partial charge >= 0.3 is 5.97 Å². The Labute approximate surface area is 153 Å². The quantitative estimate of drug-likeness (QED) is 0.665. The van der Waals surface area contributed by atoms with Crippen molar-refractivity contribution in [3.63, 3.8) is 0 Å². The highest BCUT2D eigenvalue weighted by Crippen LogP contribution is 2.19. The monoisotopic (exact) mass is 359 g/mol. The smallest absolute Gasteiger partial charge is 0.339 e. The minimum atomic E-state index is -1.03. The number of rotatable bonds is 9. The van der Waals surface area contributed by atoms with E-state index in [9.17, 15) is 9.59 Å². The van der Waals surface area contributed by atoms with Crippen molar-refractivity contribution in [3.05, 3.63) is 52.5 Å². The number of benzene rings is 1. The van der Waals surface area contributed by atoms with Crippen LogP contribution in [0, 0.1) is 20.8 Å². The molecule has 1 aromatic carbocycles. The van der Waals surface area contributed by atoms with E-state index in [1.54, 1.807) is 6.92 Å². The largest absolute Gasteiger partial charge is 0.493 e. The summed E-state index contributed by atoms with van der Waals surface area (Å²) in [5, 5.41) is 11.7. The molecule has 0 unspecified atom stereocenters. The van der Waals surface area contributed by atoms with Gasteiger partial charge in [0.1, 0.15) is 22.8 Å². The lowest BCUT2D eigenvalue weighted by Crippen LogP contribution is -2.22. The highest BCUT2D eigenvalue weighted by Gasteiger charge is 2.14. The second-order valence-electron chi connectivity index (χ2n) is 6.34. The summed E-state index contributed by atoms with van der Waals surface area (Å²) >= 11 is 0. The molecule has 2 rings (SSSR count). The average molecular weight is 359 g/mol. The Morgan fingerprint density at radius 3 is 2.62 bits per heavy atom. The molecule has 0 spiro atoms. The molecule has 0 radical (unpaired) electrons. The summed E-state index contributed by atoms with van der Waals surface area (Å²) in [6.07, 6.45) is 1.89. The Balaban J connectivity index is 1.65. The van der Waals surface area contributed by atoms with Crippen LogP contribution in [0.1, 0.15) is 52.3 Å². The van der Waals surface area contributed by atoms with Gasteiger partial charge in [0.25, 0.3) is 0 Å². The van der Waals surface area contributed by atoms with Crippen LogP contribution in [0.2, 0.25) is 0 Å². The number of ether oxygens (including phenoxy) is 1. The van der Waals surface area contributed by atoms with Crippen LogP contribution < -0.4 is 10.1 Å². The van der Waals surface area contributed by atoms with E-state index in [1.165, 1.54) is 6.07 Å². The number of amides is 1. The first kappa shape index (κ1) is 19.6. The predicted molar refractivity (Wildman–Crippen MR) is 97.5 cm³/mol. The molecule has 140 valence electrons. The molecule has 1 heterocycles. The van der Waals surface area contributed by atoms with Crippen molar-refractivity contribution in [3.8, 4) is 5.75 Å². The van der Waals surface area contributed by atoms with E-state index < -0.39 is 5.97 Å². The van der Waals surface area contributed by atoms with E-state index in [0.29, 0.717) is 31.0 Å². The Hall–Kier alpha value is -2.76. The number of furan rings is 1. The van der Waals surface area contributed by atoms with Crippen LogP contribution in [0.15, 0.2) is 28.7 Å². The fourth-order valence-electron chi connectivity index (χ4n) is 2.55. The molecule has 26 heavy (non-hydrogen) atoms. The summed E-state index contributed by atoms with van der Waals surface area (Å²) in [5.74, 6) is 0.532. The van der Waals surface area contributed by atoms with Crippen LogP contribution in [0.4, 0.5) is 0 Å². The number of aromatic carboxylic acids is 1. The van der Waals surface area contributed by atoms with Gasteiger partial charge in [-0.2, -0.15) is 0 Å². The lowest BCUT2D eigenvalue weighted by atomic mass is 10.1. The first-order valence-electron chi connectivity index (χ1n) is 8.66. The number of carbonyl (C=O) groups excluding carboxylic acids is 1. The predicted octanol–water partition coefficient (Wildman–Crippen LogP) is 3.77. The molecule has 0 saturated heterocycles. The molecule has 0 aliphatic rings. The lowest BCUT2D eigenvalue weighted by Gasteiger charge is -2.10. The van der Waals surface area contributed by atoms with Gasteiger partial charge in [-0.25, -0.2) is 4.79 Å². The van der Waals surface area contributed by atoms with Crippen molar-refractivity contribution >= 4 is 11.9 Å². The third-order valence-corrected chi connectivity index (χ3v) is 4.06. The molecule has 0 aliphatic heterocycles. The zero-order chi connectivity index (χ0) is 19.1. The van der Waals surface area contributed by atoms with E-state index in [-0.39, 0.29) is 18.0 Å². The van der Waals surface area contributed by atoms with Crippen LogP contribution in [0.3, 0.4) is 0 Å². The van der Waals surface area contributed by atoms with Gasteiger partial charge in [0.05, 0.1) is 13.2 Å². The highest BCUT2D eigenvalue weighted by atomic mass is 16.5. The van der Waals surface area contributed by atoms with Crippen molar-refractivity contribution in [2.45, 2.75) is 46.6 Å². The number of hydrogen-bond donors (Lipinski definition) is 2. The highest BCUT2D eigenvalue weighted by molar-refractivity contribution is 5.88. The van der Waals surface area contributed by atoms with Gasteiger partial charge in [-0.3, -0.25) is 4.79 Å². The molecule has 1 amide bonds. The van der Waals surface area contributed by atoms with E-state index >= 15 is 0 Å². The van der Waals surface area contributed by atoms with Crippen molar-refractivity contribution in [2.75, 3.05) is 6.61 Å². The molecule has 0 aliphatic carbocycles. The molecule has 0 bridgehead atoms. The van der Waals surface area contributed by atoms with Gasteiger partial charge < -0.3 is 19.6 Å². The summed E-state index contributed by atoms with van der Waals surface area (Å²) in [6, 6.07) is 7.53. The molecule has 2 aromatic rings. The van der Waals surface area contributed by atoms with Gasteiger partial charge in [-0.05, 0) is 56.9 Å². The summed E-state index contributed by atoms with van der Waals surface area (Å²) in [7, 11) is 0. The Kier molecular flexibility index (Phi) is 6.83. The van der Waals surface area contributed by atoms with Crippen LogP contribution in [-0.4, -0.2) is 23.6 Å². The first-order valence-corrected chi connectivity index (χ1v) is 8.66. The molecule has 0 fully saturated rings. The van der Waals surface area contributed by atoms with Crippen molar-refractivity contribution < 1.29 is 23.8 Å². The summed E-state index contributed by atoms with van der Waals surface area (Å²) in [6.45, 7) is 6.37. The maximum absolute atomic E-state index is 11.9. The third kappa shape index (κ3) is 5.65. The van der Waals surface area contributed by atoms with Crippen LogP contribution >= 0.6 is 0 Å². The molecule has 1 aromatic heterocycles. The van der Waals surface area contributed by atoms with Gasteiger partial charge in [0.15, 0.2) is 0 Å². The van der Waals surface area contributed by atoms with E-state index in [2.05, 4.69) is 5.32 Å². The topological polar surface area (TPSA) is 88.8 Å². The minimum Gasteiger partial charge on any atom is -0.493 e. The molecule has 2 N–H and O–H groups in total. The Morgan fingerprint density at radius 2 is 1.92 bits per heavy atom. The SMILES string of the molecule is Cc1ccc(C)c(OCCCCC(=O)NCc2cc(C(=O)O)c(C)o2)c1. The van der Waals surface area contributed by atoms with Crippen LogP contribution in [0.5, 0.6) is 5.75 Å². The van der Waals surface area contributed by atoms with Gasteiger partial charge in [-0.15, -0.1) is 0 Å². The minimum absolute atomic E-state index is 0.0948. The van der Waals surface area contributed by atoms with Gasteiger partial charge in [-0.1, -0.05) is 12.1 Å². The fraction of sp³-hybridized carbons (Fsp3) is 0.400. The number of carboxylic acid groups (broad SMARTS) is 1. The van der Waals surface area contributed by atoms with Gasteiger partial charge in [0.2, 0.25) is 5.91 Å². The normalized spacial score (nSPS) is 10.6. The zero-order valence-corrected chi connectivity index (χ0v) is 15.4. The molecule has 6 nitrogen and oxygen atoms in total. The van der Waals surface area contributed by atoms with Crippen molar-refractivity contribution in [1.82, 2.24) is 5.32 Å². The number of hydrogen-bond acceptors (Lipinski definition) is 4. The molecule has 0 atom stereocenters. The maximum atomic E-state index is 11.9. The standard InChI is InChI=1S/C20H25NO5/c1-13-7-8-14(2)18(10-13)25-9-5-4-6-19(22)21-12-16-11-17(20(23)24)15(3)26-16/h7-8,10-11H,4-6,9,12H2,1-3H3,(H,21,22)(H,23,24). The van der Waals surface area contributed by atoms with Crippen LogP contribution in [0.25, 0.3) is 0 Å². The summed E-state index contributed by atoms with van der Waals surface area (Å²) < 4.78 is 11.1. The zero-order valence-electron chi connectivity index (χ0n) is 15.4. The third-order valence-electron chi connectivity index (χ3n) is 4.06. The van der Waals surface area contributed by atoms with E-state index in [4.69, 9.17) is 14.3 Å². The van der Waals surface area contributed by atoms with E-state index in [0.717, 1.165) is 23.3 Å². The number of nitrogens with one attached hydrogen (secondary N) is 1. The second-order valence-corrected chi connectivity index (χ2v) is 6.34. The fourth-order valence-corrected chi connectivity index (χ4v) is 2.55. The number of aryl methyl sites for hydroxylation is 3. The first-order chi connectivity index (χ1) is 12.4. The molecule has 0 saturated carbocycles. The molecular formula is C20H25NO5. The average Bonchev–Trinajstić information content (AvgIpc) is 2.97. The lowest BCUT2D eigenvalue weighted by molar-refractivity contribution is -0.121. The number of unbranched alkanes of at least 4 members (excludes halogenated alkanes) is 1. The Bertz CT molecular complexity index is 779. The summed E-state index contributed by atoms with van der Waals surface area (Å²) in [4.78, 5) is 22.8. The molecular weight excluding hydrogens is 334 g/mol. The Morgan fingerprint density at radius 1 is 1.15 bits per heavy atom. The number of carbonyl (C=O) groups is 2. The number of carboxylic acids is 1. The van der Waals surface area contributed by atoms with Crippen molar-refractivity contribution in [2.24, 2.45) is 0 Å². The maximum Gasteiger partial charge on any atom is 0.339 e. The van der Waals surface area contributed by atoms with Crippen molar-refractivity contribution in [1.29, 1.82) is 0 Å². The van der Waals surface area contributed by atoms with Crippen LogP contribution in [-0.2, 0) is 11.3 Å². The summed E-state index contributed by atoms with van der Waals surface area (Å²) in [5.41, 5.74) is 2.38. The van der Waals surface area contributed by atoms with Gasteiger partial charge in [0, 0.05) is 6.42 Å². The second kappa shape index (κ2) is 9.08. The van der Waals surface area contributed by atoms with E-state index in [1.807, 2.05) is 32.0 Å². The molecule has 6 heteroatoms.